The van der Waals surface area contributed by atoms with Crippen molar-refractivity contribution in [3.05, 3.63) is 34.3 Å². The van der Waals surface area contributed by atoms with Crippen LogP contribution in [0.5, 0.6) is 0 Å². The number of aromatic carboxylic acids is 1. The van der Waals surface area contributed by atoms with Crippen LogP contribution in [0.1, 0.15) is 50.0 Å². The maximum absolute atomic E-state index is 10.7. The van der Waals surface area contributed by atoms with Gasteiger partial charge in [-0.3, -0.25) is 0 Å². The molecule has 0 unspecified atom stereocenters. The van der Waals surface area contributed by atoms with Crippen LogP contribution in [0, 0.1) is 0 Å². The van der Waals surface area contributed by atoms with Gasteiger partial charge in [0.1, 0.15) is 6.29 Å². The molecule has 0 fully saturated rings. The predicted molar refractivity (Wildman–Crippen MR) is 75.5 cm³/mol. The standard InChI is InChI=1S/C9H9ClO2.C3H6O.C2H6/c1-2-6-4-3-5-7(10)8(6)9(11)12;1-2-3-4;1-2/h3-5H,2H2,1H3,(H,11,12);3H,2H2,1H3;1-2H3. The lowest BCUT2D eigenvalue weighted by Gasteiger charge is -2.03. The van der Waals surface area contributed by atoms with Crippen LogP contribution in [-0.2, 0) is 11.2 Å². The Morgan fingerprint density at radius 1 is 1.33 bits per heavy atom. The fourth-order valence-corrected chi connectivity index (χ4v) is 1.38. The summed E-state index contributed by atoms with van der Waals surface area (Å²) in [6.07, 6.45) is 2.20. The molecule has 0 aliphatic heterocycles. The van der Waals surface area contributed by atoms with E-state index in [2.05, 4.69) is 0 Å². The first-order valence-electron chi connectivity index (χ1n) is 6.02. The quantitative estimate of drug-likeness (QED) is 0.838. The Bertz CT molecular complexity index is 362. The summed E-state index contributed by atoms with van der Waals surface area (Å²) < 4.78 is 0. The number of rotatable bonds is 3. The molecule has 0 aromatic heterocycles. The molecule has 0 saturated heterocycles. The van der Waals surface area contributed by atoms with Gasteiger partial charge in [0.15, 0.2) is 0 Å². The lowest BCUT2D eigenvalue weighted by molar-refractivity contribution is -0.107. The average Bonchev–Trinajstić information content (AvgIpc) is 2.40. The molecule has 0 aliphatic rings. The van der Waals surface area contributed by atoms with Crippen molar-refractivity contribution in [3.63, 3.8) is 0 Å². The number of carbonyl (C=O) groups excluding carboxylic acids is 1. The van der Waals surface area contributed by atoms with E-state index in [4.69, 9.17) is 16.7 Å². The Morgan fingerprint density at radius 2 is 1.83 bits per heavy atom. The molecule has 3 nitrogen and oxygen atoms in total. The van der Waals surface area contributed by atoms with Crippen LogP contribution < -0.4 is 0 Å². The highest BCUT2D eigenvalue weighted by molar-refractivity contribution is 6.33. The van der Waals surface area contributed by atoms with Gasteiger partial charge in [0.05, 0.1) is 10.6 Å². The zero-order valence-corrected chi connectivity index (χ0v) is 12.1. The number of carbonyl (C=O) groups is 2. The third-order valence-corrected chi connectivity index (χ3v) is 2.18. The second kappa shape index (κ2) is 12.1. The van der Waals surface area contributed by atoms with Crippen LogP contribution in [0.25, 0.3) is 0 Å². The molecule has 0 heterocycles. The number of aldehydes is 1. The maximum atomic E-state index is 10.7. The fourth-order valence-electron chi connectivity index (χ4n) is 1.10. The molecule has 0 bridgehead atoms. The molecular formula is C14H21ClO3. The molecule has 102 valence electrons. The molecule has 4 heteroatoms. The number of halogens is 1. The highest BCUT2D eigenvalue weighted by atomic mass is 35.5. The van der Waals surface area contributed by atoms with Gasteiger partial charge in [-0.2, -0.15) is 0 Å². The first-order chi connectivity index (χ1) is 8.58. The predicted octanol–water partition coefficient (Wildman–Crippen LogP) is 4.22. The molecule has 1 aromatic carbocycles. The third kappa shape index (κ3) is 7.07. The molecule has 18 heavy (non-hydrogen) atoms. The second-order valence-corrected chi connectivity index (χ2v) is 3.41. The number of hydrogen-bond acceptors (Lipinski definition) is 2. The van der Waals surface area contributed by atoms with Crippen LogP contribution in [0.3, 0.4) is 0 Å². The summed E-state index contributed by atoms with van der Waals surface area (Å²) in [7, 11) is 0. The molecular weight excluding hydrogens is 252 g/mol. The smallest absolute Gasteiger partial charge is 0.337 e. The highest BCUT2D eigenvalue weighted by Crippen LogP contribution is 2.20. The number of carboxylic acid groups (broad SMARTS) is 1. The van der Waals surface area contributed by atoms with Crippen LogP contribution in [-0.4, -0.2) is 17.4 Å². The number of aryl methyl sites for hydroxylation is 1. The van der Waals surface area contributed by atoms with Gasteiger partial charge in [-0.1, -0.05) is 51.4 Å². The van der Waals surface area contributed by atoms with E-state index in [1.807, 2.05) is 27.7 Å². The normalized spacial score (nSPS) is 8.28. The van der Waals surface area contributed by atoms with Gasteiger partial charge in [0, 0.05) is 6.42 Å². The first-order valence-corrected chi connectivity index (χ1v) is 6.40. The van der Waals surface area contributed by atoms with E-state index in [-0.39, 0.29) is 5.56 Å². The Balaban J connectivity index is 0. The van der Waals surface area contributed by atoms with E-state index in [9.17, 15) is 9.59 Å². The van der Waals surface area contributed by atoms with Crippen molar-refractivity contribution < 1.29 is 14.7 Å². The minimum absolute atomic E-state index is 0.224. The summed E-state index contributed by atoms with van der Waals surface area (Å²) >= 11 is 5.72. The van der Waals surface area contributed by atoms with E-state index in [1.54, 1.807) is 18.2 Å². The molecule has 0 radical (unpaired) electrons. The van der Waals surface area contributed by atoms with Crippen molar-refractivity contribution >= 4 is 23.9 Å². The Morgan fingerprint density at radius 3 is 2.11 bits per heavy atom. The minimum Gasteiger partial charge on any atom is -0.478 e. The number of hydrogen-bond donors (Lipinski definition) is 1. The highest BCUT2D eigenvalue weighted by Gasteiger charge is 2.11. The molecule has 0 amide bonds. The zero-order chi connectivity index (χ0) is 14.6. The fraction of sp³-hybridized carbons (Fsp3) is 0.429. The Kier molecular flexibility index (Phi) is 12.8. The molecule has 0 saturated carbocycles. The largest absolute Gasteiger partial charge is 0.478 e. The van der Waals surface area contributed by atoms with Gasteiger partial charge in [0.2, 0.25) is 0 Å². The van der Waals surface area contributed by atoms with Crippen LogP contribution in [0.2, 0.25) is 5.02 Å². The maximum Gasteiger partial charge on any atom is 0.337 e. The zero-order valence-electron chi connectivity index (χ0n) is 11.4. The lowest BCUT2D eigenvalue weighted by atomic mass is 10.1. The Hall–Kier alpha value is -1.35. The van der Waals surface area contributed by atoms with Gasteiger partial charge < -0.3 is 9.90 Å². The SMILES string of the molecule is CC.CCC=O.CCc1cccc(Cl)c1C(=O)O. The van der Waals surface area contributed by atoms with Gasteiger partial charge in [-0.05, 0) is 18.1 Å². The van der Waals surface area contributed by atoms with E-state index in [1.165, 1.54) is 0 Å². The molecule has 1 N–H and O–H groups in total. The van der Waals surface area contributed by atoms with E-state index in [0.29, 0.717) is 17.9 Å². The monoisotopic (exact) mass is 272 g/mol. The van der Waals surface area contributed by atoms with Crippen LogP contribution in [0.4, 0.5) is 0 Å². The van der Waals surface area contributed by atoms with Gasteiger partial charge in [0.25, 0.3) is 0 Å². The average molecular weight is 273 g/mol. The van der Waals surface area contributed by atoms with Crippen LogP contribution >= 0.6 is 11.6 Å². The number of benzene rings is 1. The summed E-state index contributed by atoms with van der Waals surface area (Å²) in [6, 6.07) is 5.12. The van der Waals surface area contributed by atoms with Crippen molar-refractivity contribution in [2.24, 2.45) is 0 Å². The lowest BCUT2D eigenvalue weighted by Crippen LogP contribution is -2.02. The molecule has 1 aromatic rings. The van der Waals surface area contributed by atoms with E-state index >= 15 is 0 Å². The van der Waals surface area contributed by atoms with Crippen LogP contribution in [0.15, 0.2) is 18.2 Å². The topological polar surface area (TPSA) is 54.4 Å². The summed E-state index contributed by atoms with van der Waals surface area (Å²) in [5, 5.41) is 9.10. The van der Waals surface area contributed by atoms with Gasteiger partial charge in [-0.15, -0.1) is 0 Å². The Labute approximate surface area is 114 Å². The van der Waals surface area contributed by atoms with Crippen molar-refractivity contribution in [2.75, 3.05) is 0 Å². The van der Waals surface area contributed by atoms with Crippen molar-refractivity contribution in [2.45, 2.75) is 40.5 Å². The van der Waals surface area contributed by atoms with E-state index < -0.39 is 5.97 Å². The minimum atomic E-state index is -0.961. The van der Waals surface area contributed by atoms with Crippen molar-refractivity contribution in [3.8, 4) is 0 Å². The summed E-state index contributed by atoms with van der Waals surface area (Å²) in [4.78, 5) is 19.9. The first kappa shape index (κ1) is 19.0. The number of carboxylic acids is 1. The molecule has 0 aliphatic carbocycles. The molecule has 0 atom stereocenters. The third-order valence-electron chi connectivity index (χ3n) is 1.86. The van der Waals surface area contributed by atoms with Crippen molar-refractivity contribution in [1.82, 2.24) is 0 Å². The summed E-state index contributed by atoms with van der Waals surface area (Å²) in [6.45, 7) is 7.71. The second-order valence-electron chi connectivity index (χ2n) is 3.01. The molecule has 1 rings (SSSR count). The van der Waals surface area contributed by atoms with Gasteiger partial charge in [-0.25, -0.2) is 4.79 Å². The summed E-state index contributed by atoms with van der Waals surface area (Å²) in [5.41, 5.74) is 0.997. The van der Waals surface area contributed by atoms with Gasteiger partial charge >= 0.3 is 5.97 Å². The van der Waals surface area contributed by atoms with Crippen molar-refractivity contribution in [1.29, 1.82) is 0 Å². The summed E-state index contributed by atoms with van der Waals surface area (Å²) in [5.74, 6) is -0.961. The van der Waals surface area contributed by atoms with E-state index in [0.717, 1.165) is 11.8 Å². The molecule has 0 spiro atoms.